The SMILES string of the molecule is COc1ccc(-n2nc3c(c2NC(=O)C2CC(=O)N(c4ccccc4OC)C2)CS(=O)(=O)C3)cc1. The third-order valence-corrected chi connectivity index (χ3v) is 7.66. The number of anilines is 2. The molecule has 11 heteroatoms. The highest BCUT2D eigenvalue weighted by molar-refractivity contribution is 7.90. The maximum atomic E-state index is 13.3. The summed E-state index contributed by atoms with van der Waals surface area (Å²) in [4.78, 5) is 27.6. The minimum absolute atomic E-state index is 0.0288. The van der Waals surface area contributed by atoms with E-state index in [1.165, 1.54) is 11.8 Å². The van der Waals surface area contributed by atoms with E-state index in [-0.39, 0.29) is 36.3 Å². The smallest absolute Gasteiger partial charge is 0.230 e. The van der Waals surface area contributed by atoms with E-state index in [4.69, 9.17) is 9.47 Å². The normalized spacial score (nSPS) is 18.4. The van der Waals surface area contributed by atoms with Gasteiger partial charge in [0.2, 0.25) is 11.8 Å². The number of carbonyl (C=O) groups excluding carboxylic acids is 2. The van der Waals surface area contributed by atoms with Gasteiger partial charge in [0.15, 0.2) is 9.84 Å². The van der Waals surface area contributed by atoms with Crippen molar-refractivity contribution >= 4 is 33.2 Å². The Morgan fingerprint density at radius 1 is 1.06 bits per heavy atom. The van der Waals surface area contributed by atoms with E-state index in [1.807, 2.05) is 6.07 Å². The number of fused-ring (bicyclic) bond motifs is 1. The second kappa shape index (κ2) is 8.73. The Hall–Kier alpha value is -3.86. The quantitative estimate of drug-likeness (QED) is 0.556. The molecule has 0 aliphatic carbocycles. The van der Waals surface area contributed by atoms with Crippen LogP contribution < -0.4 is 19.7 Å². The van der Waals surface area contributed by atoms with Gasteiger partial charge in [0, 0.05) is 18.5 Å². The summed E-state index contributed by atoms with van der Waals surface area (Å²) in [6.45, 7) is 0.183. The topological polar surface area (TPSA) is 120 Å². The lowest BCUT2D eigenvalue weighted by molar-refractivity contribution is -0.122. The van der Waals surface area contributed by atoms with Gasteiger partial charge in [-0.15, -0.1) is 0 Å². The van der Waals surface area contributed by atoms with Gasteiger partial charge < -0.3 is 19.7 Å². The highest BCUT2D eigenvalue weighted by atomic mass is 32.2. The molecule has 3 aromatic rings. The van der Waals surface area contributed by atoms with Crippen LogP contribution in [0.4, 0.5) is 11.5 Å². The van der Waals surface area contributed by atoms with Crippen molar-refractivity contribution < 1.29 is 27.5 Å². The number of benzene rings is 2. The number of sulfone groups is 1. The lowest BCUT2D eigenvalue weighted by atomic mass is 10.1. The molecule has 1 unspecified atom stereocenters. The van der Waals surface area contributed by atoms with Gasteiger partial charge in [0.05, 0.1) is 48.7 Å². The summed E-state index contributed by atoms with van der Waals surface area (Å²) in [5, 5.41) is 7.35. The Kier molecular flexibility index (Phi) is 5.72. The Morgan fingerprint density at radius 2 is 1.80 bits per heavy atom. The van der Waals surface area contributed by atoms with Gasteiger partial charge in [-0.25, -0.2) is 13.1 Å². The number of hydrogen-bond acceptors (Lipinski definition) is 7. The zero-order valence-corrected chi connectivity index (χ0v) is 20.0. The van der Waals surface area contributed by atoms with Gasteiger partial charge in [-0.2, -0.15) is 5.10 Å². The summed E-state index contributed by atoms with van der Waals surface area (Å²) >= 11 is 0. The fourth-order valence-electron chi connectivity index (χ4n) is 4.47. The molecule has 10 nitrogen and oxygen atoms in total. The number of nitrogens with one attached hydrogen (secondary N) is 1. The molecule has 1 N–H and O–H groups in total. The van der Waals surface area contributed by atoms with Crippen LogP contribution in [0.5, 0.6) is 11.5 Å². The molecule has 2 amide bonds. The van der Waals surface area contributed by atoms with E-state index in [1.54, 1.807) is 54.5 Å². The molecule has 2 aliphatic rings. The van der Waals surface area contributed by atoms with Gasteiger partial charge in [-0.05, 0) is 36.4 Å². The maximum Gasteiger partial charge on any atom is 0.230 e. The third-order valence-electron chi connectivity index (χ3n) is 6.22. The Morgan fingerprint density at radius 3 is 2.51 bits per heavy atom. The zero-order chi connectivity index (χ0) is 24.7. The van der Waals surface area contributed by atoms with Gasteiger partial charge in [0.1, 0.15) is 17.3 Å². The average Bonchev–Trinajstić information content (AvgIpc) is 3.49. The molecule has 2 aromatic carbocycles. The number of ether oxygens (including phenoxy) is 2. The van der Waals surface area contributed by atoms with Gasteiger partial charge in [-0.1, -0.05) is 12.1 Å². The largest absolute Gasteiger partial charge is 0.497 e. The second-order valence-corrected chi connectivity index (χ2v) is 10.5. The summed E-state index contributed by atoms with van der Waals surface area (Å²) in [6.07, 6.45) is 0.0288. The molecule has 1 saturated heterocycles. The maximum absolute atomic E-state index is 13.3. The number of nitrogens with zero attached hydrogens (tertiary/aromatic N) is 3. The summed E-state index contributed by atoms with van der Waals surface area (Å²) in [7, 11) is -0.247. The van der Waals surface area contributed by atoms with Crippen LogP contribution in [-0.2, 0) is 30.9 Å². The molecule has 0 saturated carbocycles. The monoisotopic (exact) mass is 496 g/mol. The average molecular weight is 497 g/mol. The van der Waals surface area contributed by atoms with Crippen LogP contribution in [0.2, 0.25) is 0 Å². The molecule has 1 aromatic heterocycles. The van der Waals surface area contributed by atoms with Crippen molar-refractivity contribution in [1.29, 1.82) is 0 Å². The number of rotatable bonds is 6. The minimum atomic E-state index is -3.33. The summed E-state index contributed by atoms with van der Waals surface area (Å²) in [5.74, 6) is -0.0727. The molecule has 3 heterocycles. The van der Waals surface area contributed by atoms with Crippen molar-refractivity contribution in [3.63, 3.8) is 0 Å². The zero-order valence-electron chi connectivity index (χ0n) is 19.2. The first-order valence-electron chi connectivity index (χ1n) is 11.0. The van der Waals surface area contributed by atoms with Crippen LogP contribution in [0.3, 0.4) is 0 Å². The number of methoxy groups -OCH3 is 2. The van der Waals surface area contributed by atoms with Crippen molar-refractivity contribution in [3.05, 3.63) is 59.8 Å². The van der Waals surface area contributed by atoms with E-state index in [9.17, 15) is 18.0 Å². The van der Waals surface area contributed by atoms with Crippen molar-refractivity contribution in [2.24, 2.45) is 5.92 Å². The summed E-state index contributed by atoms with van der Waals surface area (Å²) in [5.41, 5.74) is 2.13. The van der Waals surface area contributed by atoms with Crippen LogP contribution in [0, 0.1) is 5.92 Å². The van der Waals surface area contributed by atoms with E-state index in [0.29, 0.717) is 39.9 Å². The minimum Gasteiger partial charge on any atom is -0.497 e. The Balaban J connectivity index is 1.43. The highest BCUT2D eigenvalue weighted by Crippen LogP contribution is 2.36. The lowest BCUT2D eigenvalue weighted by Crippen LogP contribution is -2.29. The van der Waals surface area contributed by atoms with Crippen LogP contribution in [0.15, 0.2) is 48.5 Å². The van der Waals surface area contributed by atoms with E-state index >= 15 is 0 Å². The molecule has 0 radical (unpaired) electrons. The molecule has 0 spiro atoms. The Labute approximate surface area is 202 Å². The van der Waals surface area contributed by atoms with E-state index < -0.39 is 15.8 Å². The standard InChI is InChI=1S/C24H24N4O6S/c1-33-17-9-7-16(8-10-17)28-23(18-13-35(31,32)14-19(18)26-28)25-24(30)15-11-22(29)27(12-15)20-5-3-4-6-21(20)34-2/h3-10,15H,11-14H2,1-2H3,(H,25,30). The van der Waals surface area contributed by atoms with Crippen LogP contribution in [-0.4, -0.2) is 50.8 Å². The number of hydrogen-bond donors (Lipinski definition) is 1. The van der Waals surface area contributed by atoms with Crippen molar-refractivity contribution in [1.82, 2.24) is 9.78 Å². The first kappa shape index (κ1) is 22.9. The molecule has 1 atom stereocenters. The number of carbonyl (C=O) groups is 2. The first-order valence-corrected chi connectivity index (χ1v) is 12.8. The van der Waals surface area contributed by atoms with Crippen LogP contribution in [0.1, 0.15) is 17.7 Å². The predicted molar refractivity (Wildman–Crippen MR) is 129 cm³/mol. The molecule has 2 aliphatic heterocycles. The number of amides is 2. The van der Waals surface area contributed by atoms with E-state index in [2.05, 4.69) is 10.4 Å². The molecule has 35 heavy (non-hydrogen) atoms. The van der Waals surface area contributed by atoms with Crippen LogP contribution in [0.25, 0.3) is 5.69 Å². The van der Waals surface area contributed by atoms with Gasteiger partial charge in [0.25, 0.3) is 0 Å². The molecular formula is C24H24N4O6S. The molecular weight excluding hydrogens is 472 g/mol. The van der Waals surface area contributed by atoms with Gasteiger partial charge in [-0.3, -0.25) is 9.59 Å². The Bertz CT molecular complexity index is 1410. The molecule has 182 valence electrons. The van der Waals surface area contributed by atoms with E-state index in [0.717, 1.165) is 0 Å². The molecule has 5 rings (SSSR count). The second-order valence-electron chi connectivity index (χ2n) is 8.48. The number of para-hydroxylation sites is 2. The lowest BCUT2D eigenvalue weighted by Gasteiger charge is -2.19. The van der Waals surface area contributed by atoms with Crippen LogP contribution >= 0.6 is 0 Å². The van der Waals surface area contributed by atoms with Crippen molar-refractivity contribution in [3.8, 4) is 17.2 Å². The fraction of sp³-hybridized carbons (Fsp3) is 0.292. The molecule has 1 fully saturated rings. The van der Waals surface area contributed by atoms with Gasteiger partial charge >= 0.3 is 0 Å². The summed E-state index contributed by atoms with van der Waals surface area (Å²) in [6, 6.07) is 14.2. The van der Waals surface area contributed by atoms with Crippen molar-refractivity contribution in [2.45, 2.75) is 17.9 Å². The first-order chi connectivity index (χ1) is 16.8. The van der Waals surface area contributed by atoms with Crippen molar-refractivity contribution in [2.75, 3.05) is 31.0 Å². The third kappa shape index (κ3) is 4.23. The summed E-state index contributed by atoms with van der Waals surface area (Å²) < 4.78 is 36.6. The fourth-order valence-corrected chi connectivity index (χ4v) is 5.96. The number of aromatic nitrogens is 2. The highest BCUT2D eigenvalue weighted by Gasteiger charge is 2.38. The predicted octanol–water partition coefficient (Wildman–Crippen LogP) is 2.31. The molecule has 0 bridgehead atoms.